The third-order valence-corrected chi connectivity index (χ3v) is 5.18. The molecule has 0 radical (unpaired) electrons. The molecule has 9 heteroatoms. The zero-order valence-electron chi connectivity index (χ0n) is 18.6. The molecule has 0 aliphatic carbocycles. The number of anilines is 1. The summed E-state index contributed by atoms with van der Waals surface area (Å²) < 4.78 is 16.3. The molecule has 0 saturated carbocycles. The lowest BCUT2D eigenvalue weighted by Gasteiger charge is -2.15. The summed E-state index contributed by atoms with van der Waals surface area (Å²) in [6.07, 6.45) is 2.00. The van der Waals surface area contributed by atoms with Gasteiger partial charge in [-0.15, -0.1) is 0 Å². The van der Waals surface area contributed by atoms with Crippen LogP contribution in [0.4, 0.5) is 5.69 Å². The van der Waals surface area contributed by atoms with Gasteiger partial charge in [-0.2, -0.15) is 0 Å². The number of carbonyl (C=O) groups excluding carboxylic acids is 2. The molecule has 33 heavy (non-hydrogen) atoms. The Kier molecular flexibility index (Phi) is 9.61. The second-order valence-electron chi connectivity index (χ2n) is 7.37. The minimum absolute atomic E-state index is 0.0518. The number of ether oxygens (including phenoxy) is 3. The lowest BCUT2D eigenvalue weighted by atomic mass is 10.1. The second-order valence-corrected chi connectivity index (χ2v) is 7.78. The first kappa shape index (κ1) is 24.6. The maximum absolute atomic E-state index is 12.6. The van der Waals surface area contributed by atoms with Gasteiger partial charge in [0.2, 0.25) is 0 Å². The van der Waals surface area contributed by atoms with Crippen molar-refractivity contribution in [3.63, 3.8) is 0 Å². The minimum atomic E-state index is -0.367. The summed E-state index contributed by atoms with van der Waals surface area (Å²) in [6, 6.07) is 13.7. The molecule has 3 N–H and O–H groups in total. The molecule has 1 aliphatic rings. The molecule has 2 amide bonds. The van der Waals surface area contributed by atoms with Gasteiger partial charge in [0, 0.05) is 25.3 Å². The van der Waals surface area contributed by atoms with Crippen LogP contribution in [0.1, 0.15) is 40.5 Å². The van der Waals surface area contributed by atoms with E-state index in [2.05, 4.69) is 16.0 Å². The van der Waals surface area contributed by atoms with Crippen LogP contribution in [0.3, 0.4) is 0 Å². The van der Waals surface area contributed by atoms with Gasteiger partial charge in [0.1, 0.15) is 12.4 Å². The predicted molar refractivity (Wildman–Crippen MR) is 130 cm³/mol. The van der Waals surface area contributed by atoms with Crippen LogP contribution in [0, 0.1) is 0 Å². The second kappa shape index (κ2) is 12.9. The Labute approximate surface area is 199 Å². The molecule has 8 nitrogen and oxygen atoms in total. The summed E-state index contributed by atoms with van der Waals surface area (Å²) in [7, 11) is 0. The van der Waals surface area contributed by atoms with Crippen LogP contribution in [0.5, 0.6) is 5.75 Å². The first-order chi connectivity index (χ1) is 16.1. The Morgan fingerprint density at radius 3 is 2.61 bits per heavy atom. The summed E-state index contributed by atoms with van der Waals surface area (Å²) in [5.41, 5.74) is 1.37. The summed E-state index contributed by atoms with van der Waals surface area (Å²) in [5.74, 6) is 0.0474. The number of benzene rings is 2. The third-order valence-electron chi connectivity index (χ3n) is 4.98. The lowest BCUT2D eigenvalue weighted by molar-refractivity contribution is 0.0858. The number of para-hydroxylation sites is 1. The van der Waals surface area contributed by atoms with Crippen molar-refractivity contribution in [1.82, 2.24) is 10.6 Å². The molecule has 1 unspecified atom stereocenters. The highest BCUT2D eigenvalue weighted by Gasteiger charge is 2.18. The predicted octanol–water partition coefficient (Wildman–Crippen LogP) is 3.14. The van der Waals surface area contributed by atoms with Crippen LogP contribution in [-0.4, -0.2) is 56.0 Å². The molecular formula is C24H29N3O5S. The summed E-state index contributed by atoms with van der Waals surface area (Å²) in [6.45, 7) is 4.70. The van der Waals surface area contributed by atoms with Crippen molar-refractivity contribution >= 4 is 34.8 Å². The van der Waals surface area contributed by atoms with E-state index in [9.17, 15) is 9.59 Å². The SMILES string of the molecule is CCOCCOc1ccc(C(=O)NC(=S)Nc2ccccc2C(=O)NCC2CCCO2)cc1. The fraction of sp³-hybridized carbons (Fsp3) is 0.375. The van der Waals surface area contributed by atoms with E-state index in [4.69, 9.17) is 26.4 Å². The van der Waals surface area contributed by atoms with Crippen molar-refractivity contribution < 1.29 is 23.8 Å². The van der Waals surface area contributed by atoms with Crippen LogP contribution >= 0.6 is 12.2 Å². The van der Waals surface area contributed by atoms with E-state index in [0.717, 1.165) is 19.4 Å². The standard InChI is InChI=1S/C24H29N3O5S/c1-2-30-14-15-32-18-11-9-17(10-12-18)22(28)27-24(33)26-21-8-4-3-7-20(21)23(29)25-16-19-6-5-13-31-19/h3-4,7-12,19H,2,5-6,13-16H2,1H3,(H,25,29)(H2,26,27,28,33). The molecule has 176 valence electrons. The van der Waals surface area contributed by atoms with Gasteiger partial charge < -0.3 is 24.8 Å². The van der Waals surface area contributed by atoms with E-state index in [-0.39, 0.29) is 23.0 Å². The lowest BCUT2D eigenvalue weighted by Crippen LogP contribution is -2.35. The van der Waals surface area contributed by atoms with Crippen LogP contribution in [0.15, 0.2) is 48.5 Å². The zero-order chi connectivity index (χ0) is 23.5. The number of nitrogens with one attached hydrogen (secondary N) is 3. The van der Waals surface area contributed by atoms with Gasteiger partial charge in [0.05, 0.1) is 24.0 Å². The number of thiocarbonyl (C=S) groups is 1. The van der Waals surface area contributed by atoms with Gasteiger partial charge in [0.25, 0.3) is 11.8 Å². The zero-order valence-corrected chi connectivity index (χ0v) is 19.4. The highest BCUT2D eigenvalue weighted by atomic mass is 32.1. The highest BCUT2D eigenvalue weighted by molar-refractivity contribution is 7.80. The molecule has 1 fully saturated rings. The van der Waals surface area contributed by atoms with Crippen molar-refractivity contribution in [1.29, 1.82) is 0 Å². The Morgan fingerprint density at radius 1 is 1.09 bits per heavy atom. The first-order valence-corrected chi connectivity index (χ1v) is 11.4. The molecule has 3 rings (SSSR count). The monoisotopic (exact) mass is 471 g/mol. The fourth-order valence-electron chi connectivity index (χ4n) is 3.29. The number of carbonyl (C=O) groups is 2. The smallest absolute Gasteiger partial charge is 0.257 e. The van der Waals surface area contributed by atoms with E-state index in [0.29, 0.717) is 48.9 Å². The molecule has 1 saturated heterocycles. The van der Waals surface area contributed by atoms with E-state index in [1.54, 1.807) is 48.5 Å². The molecule has 1 aliphatic heterocycles. The van der Waals surface area contributed by atoms with Gasteiger partial charge in [-0.05, 0) is 68.4 Å². The van der Waals surface area contributed by atoms with Gasteiger partial charge in [0.15, 0.2) is 5.11 Å². The van der Waals surface area contributed by atoms with Crippen molar-refractivity contribution in [3.8, 4) is 5.75 Å². The summed E-state index contributed by atoms with van der Waals surface area (Å²) in [5, 5.41) is 8.56. The molecule has 1 atom stereocenters. The largest absolute Gasteiger partial charge is 0.491 e. The van der Waals surface area contributed by atoms with Gasteiger partial charge in [-0.3, -0.25) is 14.9 Å². The first-order valence-electron chi connectivity index (χ1n) is 11.0. The molecule has 0 aromatic heterocycles. The van der Waals surface area contributed by atoms with E-state index in [1.807, 2.05) is 6.92 Å². The molecule has 2 aromatic rings. The Balaban J connectivity index is 1.51. The number of hydrogen-bond donors (Lipinski definition) is 3. The Hall–Kier alpha value is -3.01. The summed E-state index contributed by atoms with van der Waals surface area (Å²) in [4.78, 5) is 25.2. The number of rotatable bonds is 10. The molecule has 2 aromatic carbocycles. The van der Waals surface area contributed by atoms with E-state index < -0.39 is 0 Å². The summed E-state index contributed by atoms with van der Waals surface area (Å²) >= 11 is 5.28. The Bertz CT molecular complexity index is 945. The highest BCUT2D eigenvalue weighted by Crippen LogP contribution is 2.16. The number of hydrogen-bond acceptors (Lipinski definition) is 6. The van der Waals surface area contributed by atoms with Crippen LogP contribution in [0.25, 0.3) is 0 Å². The molecular weight excluding hydrogens is 442 g/mol. The maximum Gasteiger partial charge on any atom is 0.257 e. The van der Waals surface area contributed by atoms with Crippen LogP contribution in [0.2, 0.25) is 0 Å². The van der Waals surface area contributed by atoms with Crippen molar-refractivity contribution in [2.75, 3.05) is 38.3 Å². The van der Waals surface area contributed by atoms with Crippen molar-refractivity contribution in [3.05, 3.63) is 59.7 Å². The molecule has 1 heterocycles. The Morgan fingerprint density at radius 2 is 1.88 bits per heavy atom. The quantitative estimate of drug-likeness (QED) is 0.362. The fourth-order valence-corrected chi connectivity index (χ4v) is 3.49. The van der Waals surface area contributed by atoms with Crippen LogP contribution in [-0.2, 0) is 9.47 Å². The molecule has 0 bridgehead atoms. The van der Waals surface area contributed by atoms with Crippen molar-refractivity contribution in [2.45, 2.75) is 25.9 Å². The van der Waals surface area contributed by atoms with Gasteiger partial charge >= 0.3 is 0 Å². The maximum atomic E-state index is 12.6. The average Bonchev–Trinajstić information content (AvgIpc) is 3.35. The van der Waals surface area contributed by atoms with Crippen molar-refractivity contribution in [2.24, 2.45) is 0 Å². The topological polar surface area (TPSA) is 97.9 Å². The number of amides is 2. The van der Waals surface area contributed by atoms with E-state index >= 15 is 0 Å². The third kappa shape index (κ3) is 7.81. The van der Waals surface area contributed by atoms with Gasteiger partial charge in [-0.1, -0.05) is 12.1 Å². The average molecular weight is 472 g/mol. The van der Waals surface area contributed by atoms with Crippen LogP contribution < -0.4 is 20.7 Å². The normalized spacial score (nSPS) is 15.0. The minimum Gasteiger partial charge on any atom is -0.491 e. The van der Waals surface area contributed by atoms with Gasteiger partial charge in [-0.25, -0.2) is 0 Å². The molecule has 0 spiro atoms. The van der Waals surface area contributed by atoms with E-state index in [1.165, 1.54) is 0 Å².